The Bertz CT molecular complexity index is 1150. The summed E-state index contributed by atoms with van der Waals surface area (Å²) >= 11 is 1.44. The average molecular weight is 462 g/mol. The number of hydrogen-bond donors (Lipinski definition) is 1. The number of ether oxygens (including phenoxy) is 1. The molecule has 1 aliphatic rings. The highest BCUT2D eigenvalue weighted by atomic mass is 32.2. The number of likely N-dealkylation sites (tertiary alicyclic amines) is 1. The van der Waals surface area contributed by atoms with Crippen LogP contribution in [0.25, 0.3) is 0 Å². The van der Waals surface area contributed by atoms with Crippen LogP contribution in [0.1, 0.15) is 30.2 Å². The Labute approximate surface area is 185 Å². The van der Waals surface area contributed by atoms with Crippen LogP contribution in [0.15, 0.2) is 58.3 Å². The first-order valence-corrected chi connectivity index (χ1v) is 12.4. The summed E-state index contributed by atoms with van der Waals surface area (Å²) in [7, 11) is -4.19. The van der Waals surface area contributed by atoms with Gasteiger partial charge in [-0.2, -0.15) is 0 Å². The summed E-state index contributed by atoms with van der Waals surface area (Å²) in [5, 5.41) is 7.07. The van der Waals surface area contributed by atoms with E-state index in [9.17, 15) is 12.8 Å². The van der Waals surface area contributed by atoms with Crippen molar-refractivity contribution in [3.63, 3.8) is 0 Å². The number of nitrogens with zero attached hydrogens (tertiary/aromatic N) is 2. The SMILES string of the molecule is C[C@]1(Oc2cc(F)c(S(N)(=O)=O)cc2Cc2cscn2)CCN(Cc2ccccc2)C1. The summed E-state index contributed by atoms with van der Waals surface area (Å²) in [5.74, 6) is -0.593. The molecule has 164 valence electrons. The van der Waals surface area contributed by atoms with Crippen molar-refractivity contribution >= 4 is 21.4 Å². The lowest BCUT2D eigenvalue weighted by Gasteiger charge is -2.28. The first-order chi connectivity index (χ1) is 14.7. The third-order valence-corrected chi connectivity index (χ3v) is 6.96. The second-order valence-electron chi connectivity index (χ2n) is 8.09. The molecule has 0 saturated carbocycles. The fraction of sp³-hybridized carbons (Fsp3) is 0.318. The molecule has 6 nitrogen and oxygen atoms in total. The molecule has 9 heteroatoms. The molecule has 1 aromatic heterocycles. The van der Waals surface area contributed by atoms with Crippen molar-refractivity contribution in [2.75, 3.05) is 13.1 Å². The largest absolute Gasteiger partial charge is 0.486 e. The maximum Gasteiger partial charge on any atom is 0.240 e. The zero-order valence-corrected chi connectivity index (χ0v) is 18.8. The highest BCUT2D eigenvalue weighted by Crippen LogP contribution is 2.34. The molecule has 1 atom stereocenters. The lowest BCUT2D eigenvalue weighted by atomic mass is 10.0. The van der Waals surface area contributed by atoms with Crippen LogP contribution in [0.4, 0.5) is 4.39 Å². The topological polar surface area (TPSA) is 85.5 Å². The van der Waals surface area contributed by atoms with E-state index in [1.165, 1.54) is 23.0 Å². The quantitative estimate of drug-likeness (QED) is 0.581. The lowest BCUT2D eigenvalue weighted by molar-refractivity contribution is 0.0934. The van der Waals surface area contributed by atoms with Gasteiger partial charge in [0, 0.05) is 49.5 Å². The van der Waals surface area contributed by atoms with Gasteiger partial charge in [-0.15, -0.1) is 11.3 Å². The summed E-state index contributed by atoms with van der Waals surface area (Å²) in [5.41, 5.74) is 3.68. The van der Waals surface area contributed by atoms with Gasteiger partial charge in [-0.3, -0.25) is 4.90 Å². The summed E-state index contributed by atoms with van der Waals surface area (Å²) in [4.78, 5) is 6.02. The molecule has 1 fully saturated rings. The van der Waals surface area contributed by atoms with Crippen LogP contribution in [-0.2, 0) is 23.0 Å². The molecule has 4 rings (SSSR count). The summed E-state index contributed by atoms with van der Waals surface area (Å²) in [6.07, 6.45) is 1.10. The Morgan fingerprint density at radius 1 is 1.29 bits per heavy atom. The van der Waals surface area contributed by atoms with E-state index in [1.54, 1.807) is 5.51 Å². The molecule has 2 aromatic carbocycles. The number of nitrogens with two attached hydrogens (primary N) is 1. The Balaban J connectivity index is 1.58. The van der Waals surface area contributed by atoms with E-state index in [-0.39, 0.29) is 0 Å². The van der Waals surface area contributed by atoms with Crippen molar-refractivity contribution in [1.29, 1.82) is 0 Å². The molecular formula is C22H24FN3O3S2. The number of sulfonamides is 1. The van der Waals surface area contributed by atoms with Crippen molar-refractivity contribution in [1.82, 2.24) is 9.88 Å². The number of halogens is 1. The van der Waals surface area contributed by atoms with Crippen LogP contribution in [0.2, 0.25) is 0 Å². The van der Waals surface area contributed by atoms with Gasteiger partial charge >= 0.3 is 0 Å². The summed E-state index contributed by atoms with van der Waals surface area (Å²) in [6, 6.07) is 12.6. The zero-order chi connectivity index (χ0) is 22.1. The molecule has 2 heterocycles. The van der Waals surface area contributed by atoms with Crippen molar-refractivity contribution in [3.8, 4) is 5.75 Å². The molecule has 0 radical (unpaired) electrons. The minimum atomic E-state index is -4.19. The fourth-order valence-electron chi connectivity index (χ4n) is 3.90. The Hall–Kier alpha value is -2.33. The van der Waals surface area contributed by atoms with Crippen LogP contribution in [0.5, 0.6) is 5.75 Å². The third-order valence-electron chi connectivity index (χ3n) is 5.40. The lowest BCUT2D eigenvalue weighted by Crippen LogP contribution is -2.36. The summed E-state index contributed by atoms with van der Waals surface area (Å²) in [6.45, 7) is 4.33. The number of primary sulfonamides is 1. The predicted octanol–water partition coefficient (Wildman–Crippen LogP) is 3.56. The third kappa shape index (κ3) is 5.30. The number of benzene rings is 2. The fourth-order valence-corrected chi connectivity index (χ4v) is 5.10. The highest BCUT2D eigenvalue weighted by Gasteiger charge is 2.36. The second kappa shape index (κ2) is 8.66. The van der Waals surface area contributed by atoms with Gasteiger partial charge < -0.3 is 4.74 Å². The van der Waals surface area contributed by atoms with Crippen LogP contribution in [0, 0.1) is 5.82 Å². The molecular weight excluding hydrogens is 437 g/mol. The molecule has 0 unspecified atom stereocenters. The molecule has 2 N–H and O–H groups in total. The van der Waals surface area contributed by atoms with Gasteiger partial charge in [-0.1, -0.05) is 30.3 Å². The standard InChI is InChI=1S/C22H24FN3O3S2/c1-22(7-8-26(14-22)12-16-5-3-2-4-6-16)29-20-11-19(23)21(31(24,27)28)10-17(20)9-18-13-30-15-25-18/h2-6,10-11,13,15H,7-9,12,14H2,1H3,(H2,24,27,28)/t22-/m0/s1. The highest BCUT2D eigenvalue weighted by molar-refractivity contribution is 7.89. The number of aromatic nitrogens is 1. The van der Waals surface area contributed by atoms with Crippen LogP contribution in [0.3, 0.4) is 0 Å². The molecule has 1 saturated heterocycles. The molecule has 1 aliphatic heterocycles. The van der Waals surface area contributed by atoms with E-state index in [2.05, 4.69) is 22.0 Å². The first kappa shape index (κ1) is 21.9. The van der Waals surface area contributed by atoms with Crippen LogP contribution >= 0.6 is 11.3 Å². The van der Waals surface area contributed by atoms with E-state index >= 15 is 0 Å². The summed E-state index contributed by atoms with van der Waals surface area (Å²) < 4.78 is 44.6. The van der Waals surface area contributed by atoms with E-state index in [0.717, 1.165) is 31.3 Å². The normalized spacial score (nSPS) is 19.6. The maximum absolute atomic E-state index is 14.6. The van der Waals surface area contributed by atoms with Crippen molar-refractivity contribution in [3.05, 3.63) is 76.0 Å². The molecule has 0 amide bonds. The Kier molecular flexibility index (Phi) is 6.11. The Morgan fingerprint density at radius 3 is 2.74 bits per heavy atom. The van der Waals surface area contributed by atoms with E-state index in [0.29, 0.717) is 24.3 Å². The smallest absolute Gasteiger partial charge is 0.240 e. The molecule has 3 aromatic rings. The van der Waals surface area contributed by atoms with E-state index in [4.69, 9.17) is 9.88 Å². The minimum Gasteiger partial charge on any atom is -0.486 e. The van der Waals surface area contributed by atoms with E-state index < -0.39 is 26.3 Å². The van der Waals surface area contributed by atoms with Crippen LogP contribution in [-0.4, -0.2) is 37.0 Å². The molecule has 0 bridgehead atoms. The van der Waals surface area contributed by atoms with Gasteiger partial charge in [-0.05, 0) is 18.6 Å². The van der Waals surface area contributed by atoms with Crippen molar-refractivity contribution < 1.29 is 17.5 Å². The average Bonchev–Trinajstić information content (AvgIpc) is 3.33. The number of thiazole rings is 1. The van der Waals surface area contributed by atoms with Gasteiger partial charge in [0.1, 0.15) is 22.1 Å². The predicted molar refractivity (Wildman–Crippen MR) is 118 cm³/mol. The van der Waals surface area contributed by atoms with Crippen molar-refractivity contribution in [2.24, 2.45) is 5.14 Å². The van der Waals surface area contributed by atoms with E-state index in [1.807, 2.05) is 30.5 Å². The molecule has 0 aliphatic carbocycles. The second-order valence-corrected chi connectivity index (χ2v) is 10.3. The van der Waals surface area contributed by atoms with Crippen LogP contribution < -0.4 is 9.88 Å². The molecule has 0 spiro atoms. The van der Waals surface area contributed by atoms with Gasteiger partial charge in [0.15, 0.2) is 0 Å². The number of rotatable bonds is 7. The maximum atomic E-state index is 14.6. The Morgan fingerprint density at radius 2 is 2.06 bits per heavy atom. The van der Waals surface area contributed by atoms with Gasteiger partial charge in [0.2, 0.25) is 10.0 Å². The number of hydrogen-bond acceptors (Lipinski definition) is 6. The minimum absolute atomic E-state index is 0.321. The van der Waals surface area contributed by atoms with Gasteiger partial charge in [0.05, 0.1) is 11.2 Å². The molecule has 31 heavy (non-hydrogen) atoms. The van der Waals surface area contributed by atoms with Gasteiger partial charge in [-0.25, -0.2) is 22.9 Å². The zero-order valence-electron chi connectivity index (χ0n) is 17.1. The monoisotopic (exact) mass is 461 g/mol. The van der Waals surface area contributed by atoms with Gasteiger partial charge in [0.25, 0.3) is 0 Å². The van der Waals surface area contributed by atoms with Crippen molar-refractivity contribution in [2.45, 2.75) is 36.8 Å². The first-order valence-electron chi connectivity index (χ1n) is 9.89.